The van der Waals surface area contributed by atoms with Crippen LogP contribution in [-0.4, -0.2) is 45.7 Å². The Balaban J connectivity index is 2.57. The Labute approximate surface area is 96.6 Å². The first-order chi connectivity index (χ1) is 7.58. The van der Waals surface area contributed by atoms with Gasteiger partial charge in [-0.25, -0.2) is 4.79 Å². The number of aryl methyl sites for hydroxylation is 1. The topological polar surface area (TPSA) is 41.4 Å². The van der Waals surface area contributed by atoms with Crippen LogP contribution in [0, 0.1) is 0 Å². The van der Waals surface area contributed by atoms with Crippen LogP contribution in [-0.2, 0) is 13.6 Å². The maximum Gasteiger partial charge on any atom is 0.320 e. The number of rotatable bonds is 4. The summed E-state index contributed by atoms with van der Waals surface area (Å²) in [4.78, 5) is 15.5. The molecule has 0 atom stereocenters. The zero-order chi connectivity index (χ0) is 12.1. The van der Waals surface area contributed by atoms with Gasteiger partial charge >= 0.3 is 6.03 Å². The molecule has 90 valence electrons. The van der Waals surface area contributed by atoms with Gasteiger partial charge in [-0.1, -0.05) is 0 Å². The summed E-state index contributed by atoms with van der Waals surface area (Å²) in [6.45, 7) is 6.06. The van der Waals surface area contributed by atoms with Crippen LogP contribution in [0.1, 0.15) is 19.4 Å². The summed E-state index contributed by atoms with van der Waals surface area (Å²) in [6, 6.07) is 0.0638. The van der Waals surface area contributed by atoms with Crippen LogP contribution < -0.4 is 0 Å². The van der Waals surface area contributed by atoms with Gasteiger partial charge < -0.3 is 9.80 Å². The fourth-order valence-corrected chi connectivity index (χ4v) is 1.63. The zero-order valence-electron chi connectivity index (χ0n) is 10.5. The lowest BCUT2D eigenvalue weighted by Gasteiger charge is -2.25. The summed E-state index contributed by atoms with van der Waals surface area (Å²) in [6.07, 6.45) is 3.71. The van der Waals surface area contributed by atoms with E-state index < -0.39 is 0 Å². The molecule has 0 aromatic carbocycles. The average molecular weight is 224 g/mol. The molecule has 0 saturated carbocycles. The number of carbonyl (C=O) groups is 1. The number of nitrogens with zero attached hydrogens (tertiary/aromatic N) is 4. The van der Waals surface area contributed by atoms with Crippen LogP contribution in [0.25, 0.3) is 0 Å². The third-order valence-corrected chi connectivity index (χ3v) is 2.54. The van der Waals surface area contributed by atoms with Crippen molar-refractivity contribution >= 4 is 6.03 Å². The summed E-state index contributed by atoms with van der Waals surface area (Å²) >= 11 is 0. The minimum absolute atomic E-state index is 0.0638. The highest BCUT2D eigenvalue weighted by atomic mass is 16.2. The summed E-state index contributed by atoms with van der Waals surface area (Å²) in [5.41, 5.74) is 1.05. The molecule has 0 radical (unpaired) electrons. The highest BCUT2D eigenvalue weighted by Gasteiger charge is 2.15. The van der Waals surface area contributed by atoms with Crippen LogP contribution in [0.15, 0.2) is 12.4 Å². The van der Waals surface area contributed by atoms with Gasteiger partial charge in [-0.3, -0.25) is 4.68 Å². The van der Waals surface area contributed by atoms with Crippen molar-refractivity contribution in [1.29, 1.82) is 0 Å². The van der Waals surface area contributed by atoms with Crippen molar-refractivity contribution in [2.75, 3.05) is 20.1 Å². The Bertz CT molecular complexity index is 344. The second kappa shape index (κ2) is 5.53. The Hall–Kier alpha value is -1.52. The van der Waals surface area contributed by atoms with Crippen molar-refractivity contribution in [2.45, 2.75) is 20.4 Å². The quantitative estimate of drug-likeness (QED) is 0.774. The van der Waals surface area contributed by atoms with E-state index in [0.717, 1.165) is 18.7 Å². The number of hydrogen-bond acceptors (Lipinski definition) is 2. The average Bonchev–Trinajstić information content (AvgIpc) is 2.65. The third-order valence-electron chi connectivity index (χ3n) is 2.54. The molecule has 16 heavy (non-hydrogen) atoms. The molecule has 5 nitrogen and oxygen atoms in total. The molecule has 0 aliphatic carbocycles. The molecule has 0 spiro atoms. The van der Waals surface area contributed by atoms with Crippen molar-refractivity contribution < 1.29 is 4.79 Å². The van der Waals surface area contributed by atoms with Crippen molar-refractivity contribution in [3.8, 4) is 0 Å². The lowest BCUT2D eigenvalue weighted by atomic mass is 10.3. The van der Waals surface area contributed by atoms with Gasteiger partial charge in [0.05, 0.1) is 12.7 Å². The predicted molar refractivity (Wildman–Crippen MR) is 63.0 cm³/mol. The van der Waals surface area contributed by atoms with E-state index in [0.29, 0.717) is 6.54 Å². The van der Waals surface area contributed by atoms with E-state index in [4.69, 9.17) is 0 Å². The summed E-state index contributed by atoms with van der Waals surface area (Å²) in [5.74, 6) is 0. The lowest BCUT2D eigenvalue weighted by Crippen LogP contribution is -2.40. The van der Waals surface area contributed by atoms with Crippen LogP contribution in [0.4, 0.5) is 4.79 Å². The zero-order valence-corrected chi connectivity index (χ0v) is 10.5. The predicted octanol–water partition coefficient (Wildman–Crippen LogP) is 1.31. The maximum absolute atomic E-state index is 11.9. The van der Waals surface area contributed by atoms with Crippen LogP contribution in [0.2, 0.25) is 0 Å². The highest BCUT2D eigenvalue weighted by Crippen LogP contribution is 2.04. The van der Waals surface area contributed by atoms with Crippen LogP contribution in [0.5, 0.6) is 0 Å². The SMILES string of the molecule is CCN(CC)C(=O)N(C)Cc1cnn(C)c1. The van der Waals surface area contributed by atoms with Crippen molar-refractivity contribution in [1.82, 2.24) is 19.6 Å². The first kappa shape index (κ1) is 12.5. The molecule has 5 heteroatoms. The minimum atomic E-state index is 0.0638. The Morgan fingerprint density at radius 3 is 2.50 bits per heavy atom. The number of amides is 2. The van der Waals surface area contributed by atoms with Gasteiger partial charge in [0.15, 0.2) is 0 Å². The smallest absolute Gasteiger partial charge is 0.320 e. The Kier molecular flexibility index (Phi) is 4.34. The van der Waals surface area contributed by atoms with E-state index in [9.17, 15) is 4.79 Å². The van der Waals surface area contributed by atoms with Crippen molar-refractivity contribution in [2.24, 2.45) is 7.05 Å². The first-order valence-corrected chi connectivity index (χ1v) is 5.56. The minimum Gasteiger partial charge on any atom is -0.325 e. The van der Waals surface area contributed by atoms with Crippen LogP contribution in [0.3, 0.4) is 0 Å². The summed E-state index contributed by atoms with van der Waals surface area (Å²) in [7, 11) is 3.68. The largest absolute Gasteiger partial charge is 0.325 e. The van der Waals surface area contributed by atoms with Gasteiger partial charge in [0, 0.05) is 38.9 Å². The molecule has 0 unspecified atom stereocenters. The standard InChI is InChI=1S/C11H20N4O/c1-5-15(6-2)11(16)13(3)8-10-7-12-14(4)9-10/h7,9H,5-6,8H2,1-4H3. The number of carbonyl (C=O) groups excluding carboxylic acids is 1. The third kappa shape index (κ3) is 2.98. The monoisotopic (exact) mass is 224 g/mol. The molecule has 1 heterocycles. The molecule has 0 saturated heterocycles. The molecule has 0 aliphatic rings. The Morgan fingerprint density at radius 1 is 1.44 bits per heavy atom. The van der Waals surface area contributed by atoms with Gasteiger partial charge in [-0.05, 0) is 13.8 Å². The van der Waals surface area contributed by atoms with E-state index >= 15 is 0 Å². The molecule has 1 aromatic rings. The molecule has 1 aromatic heterocycles. The van der Waals surface area contributed by atoms with E-state index in [-0.39, 0.29) is 6.03 Å². The van der Waals surface area contributed by atoms with Gasteiger partial charge in [0.25, 0.3) is 0 Å². The Morgan fingerprint density at radius 2 is 2.06 bits per heavy atom. The van der Waals surface area contributed by atoms with Gasteiger partial charge in [-0.2, -0.15) is 5.10 Å². The molecule has 0 N–H and O–H groups in total. The van der Waals surface area contributed by atoms with Crippen molar-refractivity contribution in [3.05, 3.63) is 18.0 Å². The summed E-state index contributed by atoms with van der Waals surface area (Å²) in [5, 5.41) is 4.08. The first-order valence-electron chi connectivity index (χ1n) is 5.56. The van der Waals surface area contributed by atoms with Gasteiger partial charge in [0.1, 0.15) is 0 Å². The number of hydrogen-bond donors (Lipinski definition) is 0. The van der Waals surface area contributed by atoms with Crippen molar-refractivity contribution in [3.63, 3.8) is 0 Å². The molecule has 1 rings (SSSR count). The number of aromatic nitrogens is 2. The molecular weight excluding hydrogens is 204 g/mol. The molecule has 0 aliphatic heterocycles. The van der Waals surface area contributed by atoms with E-state index in [1.807, 2.05) is 34.1 Å². The molecule has 2 amide bonds. The fourth-order valence-electron chi connectivity index (χ4n) is 1.63. The maximum atomic E-state index is 11.9. The second-order valence-electron chi connectivity index (χ2n) is 3.83. The van der Waals surface area contributed by atoms with E-state index in [1.165, 1.54) is 0 Å². The second-order valence-corrected chi connectivity index (χ2v) is 3.83. The molecule has 0 fully saturated rings. The summed E-state index contributed by atoms with van der Waals surface area (Å²) < 4.78 is 1.74. The number of urea groups is 1. The fraction of sp³-hybridized carbons (Fsp3) is 0.636. The van der Waals surface area contributed by atoms with E-state index in [2.05, 4.69) is 5.10 Å². The highest BCUT2D eigenvalue weighted by molar-refractivity contribution is 5.74. The normalized spacial score (nSPS) is 10.2. The van der Waals surface area contributed by atoms with Crippen LogP contribution >= 0.6 is 0 Å². The molecular formula is C11H20N4O. The molecule has 0 bridgehead atoms. The van der Waals surface area contributed by atoms with Gasteiger partial charge in [-0.15, -0.1) is 0 Å². The van der Waals surface area contributed by atoms with Gasteiger partial charge in [0.2, 0.25) is 0 Å². The lowest BCUT2D eigenvalue weighted by molar-refractivity contribution is 0.165. The van der Waals surface area contributed by atoms with E-state index in [1.54, 1.807) is 20.7 Å².